The van der Waals surface area contributed by atoms with Gasteiger partial charge in [-0.3, -0.25) is 19.3 Å². The van der Waals surface area contributed by atoms with Gasteiger partial charge in [-0.05, 0) is 29.8 Å². The molecule has 2 aromatic carbocycles. The maximum absolute atomic E-state index is 12.0. The summed E-state index contributed by atoms with van der Waals surface area (Å²) >= 11 is 5.97. The third-order valence-electron chi connectivity index (χ3n) is 3.93. The number of halogens is 1. The monoisotopic (exact) mass is 372 g/mol. The molecule has 0 bridgehead atoms. The molecule has 0 saturated carbocycles. The van der Waals surface area contributed by atoms with Crippen LogP contribution in [0.15, 0.2) is 48.5 Å². The van der Waals surface area contributed by atoms with Gasteiger partial charge in [0.05, 0.1) is 11.6 Å². The zero-order valence-electron chi connectivity index (χ0n) is 13.9. The van der Waals surface area contributed by atoms with E-state index < -0.39 is 0 Å². The maximum atomic E-state index is 12.0. The Morgan fingerprint density at radius 1 is 1.04 bits per heavy atom. The third kappa shape index (κ3) is 4.40. The highest BCUT2D eigenvalue weighted by Gasteiger charge is 2.28. The summed E-state index contributed by atoms with van der Waals surface area (Å²) in [6.07, 6.45) is 0.552. The summed E-state index contributed by atoms with van der Waals surface area (Å²) in [5.74, 6) is -0.171. The molecule has 3 amide bonds. The standard InChI is InChI=1S/C19H17ClN2O4/c20-15-3-1-2-4-16(15)26-12-17(23)21-14-7-5-13(6-8-14)11-22-18(24)9-10-19(22)25/h1-8H,9-12H2,(H,21,23). The fourth-order valence-electron chi connectivity index (χ4n) is 2.58. The fraction of sp³-hybridized carbons (Fsp3) is 0.211. The van der Waals surface area contributed by atoms with E-state index in [-0.39, 0.29) is 43.7 Å². The first kappa shape index (κ1) is 17.9. The highest BCUT2D eigenvalue weighted by molar-refractivity contribution is 6.32. The molecule has 0 unspecified atom stereocenters. The molecule has 0 radical (unpaired) electrons. The summed E-state index contributed by atoms with van der Waals surface area (Å²) in [6.45, 7) is 0.0871. The van der Waals surface area contributed by atoms with Gasteiger partial charge in [0, 0.05) is 18.5 Å². The largest absolute Gasteiger partial charge is 0.482 e. The smallest absolute Gasteiger partial charge is 0.262 e. The predicted molar refractivity (Wildman–Crippen MR) is 96.8 cm³/mol. The summed E-state index contributed by atoms with van der Waals surface area (Å²) in [5.41, 5.74) is 1.42. The minimum Gasteiger partial charge on any atom is -0.482 e. The number of hydrogen-bond donors (Lipinski definition) is 1. The summed E-state index contributed by atoms with van der Waals surface area (Å²) in [5, 5.41) is 3.16. The van der Waals surface area contributed by atoms with Crippen molar-refractivity contribution in [2.75, 3.05) is 11.9 Å². The second-order valence-electron chi connectivity index (χ2n) is 5.84. The van der Waals surface area contributed by atoms with Crippen LogP contribution in [0, 0.1) is 0 Å². The van der Waals surface area contributed by atoms with Crippen LogP contribution < -0.4 is 10.1 Å². The first-order chi connectivity index (χ1) is 12.5. The Bertz CT molecular complexity index is 820. The van der Waals surface area contributed by atoms with E-state index in [0.717, 1.165) is 5.56 Å². The van der Waals surface area contributed by atoms with Crippen molar-refractivity contribution >= 4 is 35.0 Å². The Balaban J connectivity index is 1.52. The van der Waals surface area contributed by atoms with Gasteiger partial charge in [0.15, 0.2) is 6.61 Å². The molecule has 1 saturated heterocycles. The highest BCUT2D eigenvalue weighted by Crippen LogP contribution is 2.23. The lowest BCUT2D eigenvalue weighted by Gasteiger charge is -2.14. The molecule has 1 aliphatic heterocycles. The lowest BCUT2D eigenvalue weighted by molar-refractivity contribution is -0.139. The van der Waals surface area contributed by atoms with Gasteiger partial charge >= 0.3 is 0 Å². The number of rotatable bonds is 6. The molecule has 3 rings (SSSR count). The normalized spacial score (nSPS) is 13.8. The lowest BCUT2D eigenvalue weighted by atomic mass is 10.2. The Hall–Kier alpha value is -2.86. The van der Waals surface area contributed by atoms with Crippen LogP contribution in [0.2, 0.25) is 5.02 Å². The maximum Gasteiger partial charge on any atom is 0.262 e. The Morgan fingerprint density at radius 2 is 1.69 bits per heavy atom. The number of amides is 3. The van der Waals surface area contributed by atoms with Crippen molar-refractivity contribution in [3.8, 4) is 5.75 Å². The van der Waals surface area contributed by atoms with Crippen LogP contribution >= 0.6 is 11.6 Å². The van der Waals surface area contributed by atoms with Gasteiger partial charge in [0.2, 0.25) is 11.8 Å². The molecule has 1 fully saturated rings. The molecule has 1 N–H and O–H groups in total. The van der Waals surface area contributed by atoms with E-state index in [9.17, 15) is 14.4 Å². The number of anilines is 1. The number of benzene rings is 2. The van der Waals surface area contributed by atoms with E-state index in [0.29, 0.717) is 16.5 Å². The number of nitrogens with zero attached hydrogens (tertiary/aromatic N) is 1. The van der Waals surface area contributed by atoms with Crippen molar-refractivity contribution in [1.29, 1.82) is 0 Å². The molecule has 0 aliphatic carbocycles. The van der Waals surface area contributed by atoms with Crippen LogP contribution in [0.1, 0.15) is 18.4 Å². The number of likely N-dealkylation sites (tertiary alicyclic amines) is 1. The number of carbonyl (C=O) groups excluding carboxylic acids is 3. The quantitative estimate of drug-likeness (QED) is 0.791. The first-order valence-corrected chi connectivity index (χ1v) is 8.50. The molecule has 1 heterocycles. The second-order valence-corrected chi connectivity index (χ2v) is 6.25. The Kier molecular flexibility index (Phi) is 5.53. The summed E-state index contributed by atoms with van der Waals surface area (Å²) < 4.78 is 5.38. The van der Waals surface area contributed by atoms with Gasteiger partial charge in [-0.15, -0.1) is 0 Å². The van der Waals surface area contributed by atoms with Crippen molar-refractivity contribution in [1.82, 2.24) is 4.90 Å². The van der Waals surface area contributed by atoms with E-state index in [1.807, 2.05) is 0 Å². The van der Waals surface area contributed by atoms with Gasteiger partial charge in [0.1, 0.15) is 5.75 Å². The van der Waals surface area contributed by atoms with Crippen molar-refractivity contribution in [3.05, 3.63) is 59.1 Å². The summed E-state index contributed by atoms with van der Waals surface area (Å²) in [6, 6.07) is 13.9. The molecular weight excluding hydrogens is 356 g/mol. The molecule has 7 heteroatoms. The molecular formula is C19H17ClN2O4. The second kappa shape index (κ2) is 8.01. The molecule has 6 nitrogen and oxygen atoms in total. The molecule has 26 heavy (non-hydrogen) atoms. The lowest BCUT2D eigenvalue weighted by Crippen LogP contribution is -2.28. The molecule has 0 spiro atoms. The van der Waals surface area contributed by atoms with Crippen LogP contribution in [0.3, 0.4) is 0 Å². The number of para-hydroxylation sites is 1. The van der Waals surface area contributed by atoms with Crippen LogP contribution in [0.4, 0.5) is 5.69 Å². The van der Waals surface area contributed by atoms with Gasteiger partial charge in [-0.25, -0.2) is 0 Å². The number of nitrogens with one attached hydrogen (secondary N) is 1. The zero-order chi connectivity index (χ0) is 18.5. The van der Waals surface area contributed by atoms with Crippen molar-refractivity contribution in [2.24, 2.45) is 0 Å². The van der Waals surface area contributed by atoms with E-state index in [2.05, 4.69) is 5.32 Å². The fourth-order valence-corrected chi connectivity index (χ4v) is 2.77. The zero-order valence-corrected chi connectivity index (χ0v) is 14.7. The van der Waals surface area contributed by atoms with Crippen LogP contribution in [-0.2, 0) is 20.9 Å². The number of imide groups is 1. The van der Waals surface area contributed by atoms with Gasteiger partial charge in [0.25, 0.3) is 5.91 Å². The predicted octanol–water partition coefficient (Wildman–Crippen LogP) is 3.01. The van der Waals surface area contributed by atoms with Crippen LogP contribution in [-0.4, -0.2) is 29.2 Å². The van der Waals surface area contributed by atoms with E-state index >= 15 is 0 Å². The molecule has 134 valence electrons. The van der Waals surface area contributed by atoms with E-state index in [1.54, 1.807) is 48.5 Å². The summed E-state index contributed by atoms with van der Waals surface area (Å²) in [7, 11) is 0. The highest BCUT2D eigenvalue weighted by atomic mass is 35.5. The van der Waals surface area contributed by atoms with Gasteiger partial charge < -0.3 is 10.1 Å². The van der Waals surface area contributed by atoms with Gasteiger partial charge in [-0.2, -0.15) is 0 Å². The number of hydrogen-bond acceptors (Lipinski definition) is 4. The van der Waals surface area contributed by atoms with Gasteiger partial charge in [-0.1, -0.05) is 35.9 Å². The molecule has 0 atom stereocenters. The Morgan fingerprint density at radius 3 is 2.35 bits per heavy atom. The third-order valence-corrected chi connectivity index (χ3v) is 4.24. The molecule has 0 aromatic heterocycles. The minimum atomic E-state index is -0.317. The molecule has 2 aromatic rings. The Labute approximate surface area is 155 Å². The van der Waals surface area contributed by atoms with Crippen molar-refractivity contribution in [3.63, 3.8) is 0 Å². The van der Waals surface area contributed by atoms with E-state index in [1.165, 1.54) is 4.90 Å². The van der Waals surface area contributed by atoms with Crippen molar-refractivity contribution in [2.45, 2.75) is 19.4 Å². The average molecular weight is 373 g/mol. The SMILES string of the molecule is O=C(COc1ccccc1Cl)Nc1ccc(CN2C(=O)CCC2=O)cc1. The van der Waals surface area contributed by atoms with Crippen molar-refractivity contribution < 1.29 is 19.1 Å². The average Bonchev–Trinajstić information content (AvgIpc) is 2.94. The van der Waals surface area contributed by atoms with E-state index in [4.69, 9.17) is 16.3 Å². The number of carbonyl (C=O) groups is 3. The van der Waals surface area contributed by atoms with Crippen LogP contribution in [0.5, 0.6) is 5.75 Å². The minimum absolute atomic E-state index is 0.149. The topological polar surface area (TPSA) is 75.7 Å². The van der Waals surface area contributed by atoms with Crippen LogP contribution in [0.25, 0.3) is 0 Å². The molecule has 1 aliphatic rings. The first-order valence-electron chi connectivity index (χ1n) is 8.12. The summed E-state index contributed by atoms with van der Waals surface area (Å²) in [4.78, 5) is 36.5. The number of ether oxygens (including phenoxy) is 1.